The van der Waals surface area contributed by atoms with Crippen molar-refractivity contribution in [3.63, 3.8) is 0 Å². The Morgan fingerprint density at radius 1 is 1.47 bits per heavy atom. The number of hydrogen-bond acceptors (Lipinski definition) is 3. The lowest BCUT2D eigenvalue weighted by molar-refractivity contribution is -0.145. The van der Waals surface area contributed by atoms with E-state index in [4.69, 9.17) is 0 Å². The summed E-state index contributed by atoms with van der Waals surface area (Å²) in [6.45, 7) is 0.816. The third-order valence-electron chi connectivity index (χ3n) is 3.26. The first-order chi connectivity index (χ1) is 9.18. The molecule has 1 aromatic heterocycles. The molecule has 0 aliphatic carbocycles. The first-order valence-corrected chi connectivity index (χ1v) is 7.46. The van der Waals surface area contributed by atoms with Gasteiger partial charge in [0.2, 0.25) is 0 Å². The van der Waals surface area contributed by atoms with Crippen molar-refractivity contribution in [3.05, 3.63) is 18.7 Å². The number of thioether (sulfide) groups is 1. The average Bonchev–Trinajstić information content (AvgIpc) is 2.93. The fraction of sp³-hybridized carbons (Fsp3) is 0.667. The molecule has 0 aromatic carbocycles. The lowest BCUT2D eigenvalue weighted by Gasteiger charge is -2.34. The molecule has 1 aliphatic heterocycles. The van der Waals surface area contributed by atoms with Crippen molar-refractivity contribution >= 4 is 17.7 Å². The Hall–Kier alpha value is -1.11. The summed E-state index contributed by atoms with van der Waals surface area (Å²) in [6.07, 6.45) is 3.71. The molecule has 4 nitrogen and oxygen atoms in total. The molecule has 106 valence electrons. The van der Waals surface area contributed by atoms with Crippen LogP contribution in [0.15, 0.2) is 18.7 Å². The Labute approximate surface area is 115 Å². The molecule has 0 spiro atoms. The van der Waals surface area contributed by atoms with Gasteiger partial charge in [0, 0.05) is 31.5 Å². The van der Waals surface area contributed by atoms with Gasteiger partial charge in [0.25, 0.3) is 5.91 Å². The number of imidazole rings is 1. The number of aromatic nitrogens is 2. The SMILES string of the molecule is O=C(C(F)F)N(CCn1ccnc1)C1CCSCC1. The molecule has 1 amide bonds. The van der Waals surface area contributed by atoms with E-state index in [0.717, 1.165) is 24.3 Å². The maximum Gasteiger partial charge on any atom is 0.315 e. The molecule has 1 aliphatic rings. The van der Waals surface area contributed by atoms with Crippen LogP contribution in [0, 0.1) is 0 Å². The predicted molar refractivity (Wildman–Crippen MR) is 70.3 cm³/mol. The van der Waals surface area contributed by atoms with Crippen LogP contribution in [-0.4, -0.2) is 50.9 Å². The zero-order valence-electron chi connectivity index (χ0n) is 10.5. The van der Waals surface area contributed by atoms with Gasteiger partial charge in [0.1, 0.15) is 0 Å². The van der Waals surface area contributed by atoms with Crippen LogP contribution in [0.3, 0.4) is 0 Å². The normalized spacial score (nSPS) is 16.8. The second-order valence-corrected chi connectivity index (χ2v) is 5.70. The molecule has 0 atom stereocenters. The van der Waals surface area contributed by atoms with E-state index in [1.165, 1.54) is 4.90 Å². The highest BCUT2D eigenvalue weighted by atomic mass is 32.2. The van der Waals surface area contributed by atoms with Gasteiger partial charge in [-0.25, -0.2) is 4.98 Å². The highest BCUT2D eigenvalue weighted by Crippen LogP contribution is 2.23. The molecule has 7 heteroatoms. The zero-order chi connectivity index (χ0) is 13.7. The van der Waals surface area contributed by atoms with Gasteiger partial charge in [-0.15, -0.1) is 0 Å². The quantitative estimate of drug-likeness (QED) is 0.830. The average molecular weight is 289 g/mol. The van der Waals surface area contributed by atoms with Crippen molar-refractivity contribution in [2.75, 3.05) is 18.1 Å². The van der Waals surface area contributed by atoms with Crippen molar-refractivity contribution in [1.82, 2.24) is 14.5 Å². The van der Waals surface area contributed by atoms with Crippen LogP contribution in [-0.2, 0) is 11.3 Å². The van der Waals surface area contributed by atoms with Crippen LogP contribution in [0.1, 0.15) is 12.8 Å². The fourth-order valence-corrected chi connectivity index (χ4v) is 3.32. The van der Waals surface area contributed by atoms with Gasteiger partial charge in [0.15, 0.2) is 0 Å². The maximum atomic E-state index is 12.7. The highest BCUT2D eigenvalue weighted by molar-refractivity contribution is 7.99. The number of rotatable bonds is 5. The van der Waals surface area contributed by atoms with E-state index >= 15 is 0 Å². The van der Waals surface area contributed by atoms with Crippen LogP contribution >= 0.6 is 11.8 Å². The summed E-state index contributed by atoms with van der Waals surface area (Å²) in [7, 11) is 0. The van der Waals surface area contributed by atoms with Crippen LogP contribution in [0.25, 0.3) is 0 Å². The van der Waals surface area contributed by atoms with Crippen LogP contribution in [0.4, 0.5) is 8.78 Å². The van der Waals surface area contributed by atoms with Gasteiger partial charge in [-0.3, -0.25) is 4.79 Å². The highest BCUT2D eigenvalue weighted by Gasteiger charge is 2.30. The molecule has 0 N–H and O–H groups in total. The van der Waals surface area contributed by atoms with E-state index in [0.29, 0.717) is 13.1 Å². The predicted octanol–water partition coefficient (Wildman–Crippen LogP) is 1.87. The topological polar surface area (TPSA) is 38.1 Å². The third kappa shape index (κ3) is 3.92. The van der Waals surface area contributed by atoms with E-state index < -0.39 is 12.3 Å². The molecule has 1 fully saturated rings. The lowest BCUT2D eigenvalue weighted by atomic mass is 10.1. The number of halogens is 2. The molecule has 2 heterocycles. The summed E-state index contributed by atoms with van der Waals surface area (Å²) in [5.41, 5.74) is 0. The number of alkyl halides is 2. The lowest BCUT2D eigenvalue weighted by Crippen LogP contribution is -2.46. The van der Waals surface area contributed by atoms with Crippen molar-refractivity contribution in [2.45, 2.75) is 31.9 Å². The molecular weight excluding hydrogens is 272 g/mol. The minimum absolute atomic E-state index is 0.0497. The Kier molecular flexibility index (Phi) is 5.18. The summed E-state index contributed by atoms with van der Waals surface area (Å²) in [5.74, 6) is 0.822. The van der Waals surface area contributed by atoms with Gasteiger partial charge in [-0.2, -0.15) is 20.5 Å². The van der Waals surface area contributed by atoms with Gasteiger partial charge in [-0.1, -0.05) is 0 Å². The fourth-order valence-electron chi connectivity index (χ4n) is 2.24. The molecule has 0 unspecified atom stereocenters. The van der Waals surface area contributed by atoms with Crippen LogP contribution in [0.5, 0.6) is 0 Å². The summed E-state index contributed by atoms with van der Waals surface area (Å²) in [5, 5.41) is 0. The van der Waals surface area contributed by atoms with Crippen molar-refractivity contribution < 1.29 is 13.6 Å². The summed E-state index contributed by atoms with van der Waals surface area (Å²) in [6, 6.07) is -0.0497. The first-order valence-electron chi connectivity index (χ1n) is 6.30. The Balaban J connectivity index is 1.98. The Morgan fingerprint density at radius 2 is 2.21 bits per heavy atom. The molecular formula is C12H17F2N3OS. The van der Waals surface area contributed by atoms with Gasteiger partial charge < -0.3 is 9.47 Å². The first kappa shape index (κ1) is 14.3. The smallest absolute Gasteiger partial charge is 0.315 e. The second kappa shape index (κ2) is 6.88. The number of hydrogen-bond donors (Lipinski definition) is 0. The zero-order valence-corrected chi connectivity index (χ0v) is 11.4. The molecule has 0 bridgehead atoms. The molecule has 2 rings (SSSR count). The van der Waals surface area contributed by atoms with E-state index in [1.54, 1.807) is 23.3 Å². The number of carbonyl (C=O) groups is 1. The summed E-state index contributed by atoms with van der Waals surface area (Å²) in [4.78, 5) is 16.9. The third-order valence-corrected chi connectivity index (χ3v) is 4.31. The monoisotopic (exact) mass is 289 g/mol. The number of carbonyl (C=O) groups excluding carboxylic acids is 1. The Morgan fingerprint density at radius 3 is 2.79 bits per heavy atom. The van der Waals surface area contributed by atoms with E-state index in [9.17, 15) is 13.6 Å². The largest absolute Gasteiger partial charge is 0.336 e. The molecule has 19 heavy (non-hydrogen) atoms. The van der Waals surface area contributed by atoms with Crippen molar-refractivity contribution in [3.8, 4) is 0 Å². The molecule has 0 saturated carbocycles. The van der Waals surface area contributed by atoms with E-state index in [-0.39, 0.29) is 6.04 Å². The van der Waals surface area contributed by atoms with Crippen LogP contribution < -0.4 is 0 Å². The number of nitrogens with zero attached hydrogens (tertiary/aromatic N) is 3. The molecule has 1 aromatic rings. The Bertz CT molecular complexity index is 394. The minimum atomic E-state index is -2.92. The maximum absolute atomic E-state index is 12.7. The molecule has 0 radical (unpaired) electrons. The molecule has 1 saturated heterocycles. The van der Waals surface area contributed by atoms with E-state index in [2.05, 4.69) is 4.98 Å². The van der Waals surface area contributed by atoms with Gasteiger partial charge >= 0.3 is 6.43 Å². The van der Waals surface area contributed by atoms with Crippen LogP contribution in [0.2, 0.25) is 0 Å². The van der Waals surface area contributed by atoms with Gasteiger partial charge in [-0.05, 0) is 24.3 Å². The van der Waals surface area contributed by atoms with Crippen molar-refractivity contribution in [1.29, 1.82) is 0 Å². The number of amides is 1. The van der Waals surface area contributed by atoms with Gasteiger partial charge in [0.05, 0.1) is 6.33 Å². The standard InChI is InChI=1S/C12H17F2N3OS/c13-11(14)12(18)17(10-1-7-19-8-2-10)6-5-16-4-3-15-9-16/h3-4,9-11H,1-2,5-8H2. The second-order valence-electron chi connectivity index (χ2n) is 4.48. The summed E-state index contributed by atoms with van der Waals surface area (Å²) >= 11 is 1.81. The minimum Gasteiger partial charge on any atom is -0.336 e. The summed E-state index contributed by atoms with van der Waals surface area (Å²) < 4.78 is 27.2. The van der Waals surface area contributed by atoms with E-state index in [1.807, 2.05) is 11.8 Å². The van der Waals surface area contributed by atoms with Crippen molar-refractivity contribution in [2.24, 2.45) is 0 Å².